The summed E-state index contributed by atoms with van der Waals surface area (Å²) in [5, 5.41) is 0. The minimum Gasteiger partial charge on any atom is -0.478 e. The maximum Gasteiger partial charge on any atom is 0.347 e. The van der Waals surface area contributed by atoms with Crippen LogP contribution in [-0.4, -0.2) is 18.7 Å². The third-order valence-corrected chi connectivity index (χ3v) is 2.85. The van der Waals surface area contributed by atoms with Crippen molar-refractivity contribution in [2.75, 3.05) is 12.3 Å². The molecule has 0 aromatic heterocycles. The zero-order valence-corrected chi connectivity index (χ0v) is 10.8. The fraction of sp³-hybridized carbons (Fsp3) is 0.500. The maximum absolute atomic E-state index is 11.8. The van der Waals surface area contributed by atoms with Crippen LogP contribution in [0.4, 0.5) is 5.69 Å². The van der Waals surface area contributed by atoms with E-state index >= 15 is 0 Å². The van der Waals surface area contributed by atoms with Crippen molar-refractivity contribution in [1.82, 2.24) is 0 Å². The van der Waals surface area contributed by atoms with Gasteiger partial charge in [0.1, 0.15) is 5.75 Å². The molecule has 0 spiro atoms. The van der Waals surface area contributed by atoms with Crippen LogP contribution in [0, 0.1) is 5.92 Å². The normalized spacial score (nSPS) is 18.1. The molecular formula is C14H19NO3. The molecule has 4 nitrogen and oxygen atoms in total. The van der Waals surface area contributed by atoms with Gasteiger partial charge in [-0.3, -0.25) is 0 Å². The van der Waals surface area contributed by atoms with Crippen LogP contribution >= 0.6 is 0 Å². The molecule has 2 rings (SSSR count). The monoisotopic (exact) mass is 249 g/mol. The molecular weight excluding hydrogens is 230 g/mol. The van der Waals surface area contributed by atoms with Crippen molar-refractivity contribution >= 4 is 11.7 Å². The molecule has 0 saturated carbocycles. The van der Waals surface area contributed by atoms with Gasteiger partial charge in [0.15, 0.2) is 6.10 Å². The Hall–Kier alpha value is -1.71. The van der Waals surface area contributed by atoms with E-state index in [2.05, 4.69) is 0 Å². The van der Waals surface area contributed by atoms with Crippen LogP contribution in [0.15, 0.2) is 18.2 Å². The smallest absolute Gasteiger partial charge is 0.347 e. The van der Waals surface area contributed by atoms with Crippen molar-refractivity contribution < 1.29 is 14.3 Å². The molecule has 1 unspecified atom stereocenters. The van der Waals surface area contributed by atoms with Gasteiger partial charge in [-0.25, -0.2) is 4.79 Å². The summed E-state index contributed by atoms with van der Waals surface area (Å²) < 4.78 is 10.8. The van der Waals surface area contributed by atoms with Crippen molar-refractivity contribution in [3.8, 4) is 5.75 Å². The second-order valence-electron chi connectivity index (χ2n) is 5.04. The van der Waals surface area contributed by atoms with Gasteiger partial charge in [-0.1, -0.05) is 13.8 Å². The molecule has 0 saturated heterocycles. The highest BCUT2D eigenvalue weighted by Crippen LogP contribution is 2.29. The molecule has 0 bridgehead atoms. The lowest BCUT2D eigenvalue weighted by Gasteiger charge is -2.25. The lowest BCUT2D eigenvalue weighted by molar-refractivity contribution is -0.153. The summed E-state index contributed by atoms with van der Waals surface area (Å²) in [6.45, 7) is 4.45. The van der Waals surface area contributed by atoms with Gasteiger partial charge in [0.25, 0.3) is 0 Å². The van der Waals surface area contributed by atoms with E-state index in [0.717, 1.165) is 23.4 Å². The van der Waals surface area contributed by atoms with Crippen molar-refractivity contribution in [1.29, 1.82) is 0 Å². The number of nitrogen functional groups attached to an aromatic ring is 1. The number of ether oxygens (including phenoxy) is 2. The van der Waals surface area contributed by atoms with Crippen LogP contribution in [0.1, 0.15) is 25.8 Å². The number of fused-ring (bicyclic) bond motifs is 1. The van der Waals surface area contributed by atoms with Crippen molar-refractivity contribution in [2.45, 2.75) is 32.8 Å². The van der Waals surface area contributed by atoms with Crippen molar-refractivity contribution in [3.05, 3.63) is 23.8 Å². The average Bonchev–Trinajstić information content (AvgIpc) is 2.35. The predicted molar refractivity (Wildman–Crippen MR) is 69.4 cm³/mol. The first-order valence-corrected chi connectivity index (χ1v) is 6.28. The molecule has 0 fully saturated rings. The Kier molecular flexibility index (Phi) is 3.75. The van der Waals surface area contributed by atoms with Gasteiger partial charge in [-0.2, -0.15) is 0 Å². The fourth-order valence-electron chi connectivity index (χ4n) is 1.92. The van der Waals surface area contributed by atoms with Gasteiger partial charge in [-0.15, -0.1) is 0 Å². The molecule has 1 aromatic carbocycles. The van der Waals surface area contributed by atoms with E-state index in [4.69, 9.17) is 15.2 Å². The zero-order valence-electron chi connectivity index (χ0n) is 10.8. The Morgan fingerprint density at radius 3 is 3.06 bits per heavy atom. The third kappa shape index (κ3) is 2.94. The predicted octanol–water partition coefficient (Wildman–Crippen LogP) is 2.16. The van der Waals surface area contributed by atoms with Crippen molar-refractivity contribution in [2.24, 2.45) is 5.92 Å². The van der Waals surface area contributed by atoms with Crippen LogP contribution < -0.4 is 10.5 Å². The summed E-state index contributed by atoms with van der Waals surface area (Å²) >= 11 is 0. The maximum atomic E-state index is 11.8. The Balaban J connectivity index is 1.99. The number of esters is 1. The van der Waals surface area contributed by atoms with Crippen LogP contribution in [0.2, 0.25) is 0 Å². The molecule has 1 aliphatic rings. The Morgan fingerprint density at radius 1 is 1.56 bits per heavy atom. The van der Waals surface area contributed by atoms with E-state index in [1.54, 1.807) is 6.07 Å². The van der Waals surface area contributed by atoms with E-state index in [1.165, 1.54) is 0 Å². The summed E-state index contributed by atoms with van der Waals surface area (Å²) in [5.74, 6) is 0.803. The summed E-state index contributed by atoms with van der Waals surface area (Å²) in [6.07, 6.45) is 0.953. The second kappa shape index (κ2) is 5.29. The number of aryl methyl sites for hydroxylation is 1. The standard InChI is InChI=1S/C14H19NO3/c1-9(2)8-17-14(16)13-5-3-10-7-11(15)4-6-12(10)18-13/h4,6-7,9,13H,3,5,8,15H2,1-2H3. The van der Waals surface area contributed by atoms with Gasteiger partial charge in [0, 0.05) is 5.69 Å². The molecule has 1 atom stereocenters. The number of hydrogen-bond donors (Lipinski definition) is 1. The number of rotatable bonds is 3. The number of carbonyl (C=O) groups is 1. The second-order valence-corrected chi connectivity index (χ2v) is 5.04. The highest BCUT2D eigenvalue weighted by Gasteiger charge is 2.27. The molecule has 1 aliphatic heterocycles. The van der Waals surface area contributed by atoms with Gasteiger partial charge < -0.3 is 15.2 Å². The van der Waals surface area contributed by atoms with Crippen LogP contribution in [0.25, 0.3) is 0 Å². The number of nitrogens with two attached hydrogens (primary N) is 1. The Bertz CT molecular complexity index is 443. The number of anilines is 1. The Labute approximate surface area is 107 Å². The van der Waals surface area contributed by atoms with Gasteiger partial charge >= 0.3 is 5.97 Å². The number of carbonyl (C=O) groups excluding carboxylic acids is 1. The third-order valence-electron chi connectivity index (χ3n) is 2.85. The fourth-order valence-corrected chi connectivity index (χ4v) is 1.92. The first kappa shape index (κ1) is 12.7. The van der Waals surface area contributed by atoms with E-state index in [0.29, 0.717) is 18.9 Å². The summed E-state index contributed by atoms with van der Waals surface area (Å²) in [7, 11) is 0. The zero-order chi connectivity index (χ0) is 13.1. The molecule has 0 radical (unpaired) electrons. The molecule has 98 valence electrons. The molecule has 0 amide bonds. The highest BCUT2D eigenvalue weighted by atomic mass is 16.6. The van der Waals surface area contributed by atoms with Gasteiger partial charge in [0.2, 0.25) is 0 Å². The summed E-state index contributed by atoms with van der Waals surface area (Å²) in [5.41, 5.74) is 7.49. The van der Waals surface area contributed by atoms with Gasteiger partial charge in [-0.05, 0) is 42.5 Å². The first-order valence-electron chi connectivity index (χ1n) is 6.28. The molecule has 2 N–H and O–H groups in total. The van der Waals surface area contributed by atoms with E-state index in [-0.39, 0.29) is 5.97 Å². The van der Waals surface area contributed by atoms with Crippen LogP contribution in [0.3, 0.4) is 0 Å². The minimum atomic E-state index is -0.486. The summed E-state index contributed by atoms with van der Waals surface area (Å²) in [6, 6.07) is 5.48. The lowest BCUT2D eigenvalue weighted by Crippen LogP contribution is -2.33. The van der Waals surface area contributed by atoms with E-state index < -0.39 is 6.10 Å². The Morgan fingerprint density at radius 2 is 2.33 bits per heavy atom. The lowest BCUT2D eigenvalue weighted by atomic mass is 10.0. The highest BCUT2D eigenvalue weighted by molar-refractivity contribution is 5.75. The quantitative estimate of drug-likeness (QED) is 0.658. The van der Waals surface area contributed by atoms with Gasteiger partial charge in [0.05, 0.1) is 6.61 Å². The molecule has 0 aliphatic carbocycles. The van der Waals surface area contributed by atoms with Crippen LogP contribution in [-0.2, 0) is 16.0 Å². The number of hydrogen-bond acceptors (Lipinski definition) is 4. The largest absolute Gasteiger partial charge is 0.478 e. The average molecular weight is 249 g/mol. The summed E-state index contributed by atoms with van der Waals surface area (Å²) in [4.78, 5) is 11.8. The SMILES string of the molecule is CC(C)COC(=O)C1CCc2cc(N)ccc2O1. The topological polar surface area (TPSA) is 61.5 Å². The molecule has 1 aromatic rings. The van der Waals surface area contributed by atoms with E-state index in [9.17, 15) is 4.79 Å². The molecule has 4 heteroatoms. The number of benzene rings is 1. The first-order chi connectivity index (χ1) is 8.56. The van der Waals surface area contributed by atoms with Crippen molar-refractivity contribution in [3.63, 3.8) is 0 Å². The van der Waals surface area contributed by atoms with Crippen LogP contribution in [0.5, 0.6) is 5.75 Å². The minimum absolute atomic E-state index is 0.272. The molecule has 1 heterocycles. The van der Waals surface area contributed by atoms with E-state index in [1.807, 2.05) is 26.0 Å². The molecule has 18 heavy (non-hydrogen) atoms.